The van der Waals surface area contributed by atoms with Crippen molar-refractivity contribution < 1.29 is 17.5 Å². The van der Waals surface area contributed by atoms with Gasteiger partial charge >= 0.3 is 0 Å². The third kappa shape index (κ3) is 4.41. The van der Waals surface area contributed by atoms with Crippen LogP contribution in [-0.2, 0) is 15.6 Å². The molecule has 0 amide bonds. The summed E-state index contributed by atoms with van der Waals surface area (Å²) in [6.45, 7) is 0. The van der Waals surface area contributed by atoms with Crippen LogP contribution in [0.5, 0.6) is 5.75 Å². The Morgan fingerprint density at radius 3 is 2.30 bits per heavy atom. The lowest BCUT2D eigenvalue weighted by Crippen LogP contribution is -2.06. The second-order valence-electron chi connectivity index (χ2n) is 4.78. The lowest BCUT2D eigenvalue weighted by Gasteiger charge is -2.05. The minimum absolute atomic E-state index is 0.294. The molecule has 0 radical (unpaired) electrons. The van der Waals surface area contributed by atoms with Crippen molar-refractivity contribution in [2.45, 2.75) is 5.75 Å². The molecular weight excluding hydrogens is 317 g/mol. The number of methoxy groups -OCH3 is 1. The van der Waals surface area contributed by atoms with Crippen molar-refractivity contribution in [1.29, 1.82) is 5.26 Å². The molecule has 0 unspecified atom stereocenters. The maximum atomic E-state index is 12.9. The van der Waals surface area contributed by atoms with E-state index >= 15 is 0 Å². The minimum atomic E-state index is -3.79. The van der Waals surface area contributed by atoms with Gasteiger partial charge in [0, 0.05) is 0 Å². The predicted octanol–water partition coefficient (Wildman–Crippen LogP) is 3.31. The van der Waals surface area contributed by atoms with Crippen LogP contribution in [0.15, 0.2) is 53.4 Å². The lowest BCUT2D eigenvalue weighted by atomic mass is 10.2. The van der Waals surface area contributed by atoms with Crippen molar-refractivity contribution in [3.8, 4) is 11.8 Å². The van der Waals surface area contributed by atoms with E-state index in [1.165, 1.54) is 37.5 Å². The average Bonchev–Trinajstić information content (AvgIpc) is 2.54. The van der Waals surface area contributed by atoms with Crippen LogP contribution in [0.3, 0.4) is 0 Å². The number of halogens is 1. The van der Waals surface area contributed by atoms with Crippen molar-refractivity contribution >= 4 is 15.9 Å². The van der Waals surface area contributed by atoms with E-state index in [-0.39, 0.29) is 10.7 Å². The predicted molar refractivity (Wildman–Crippen MR) is 85.6 cm³/mol. The van der Waals surface area contributed by atoms with Crippen LogP contribution >= 0.6 is 0 Å². The molecule has 0 spiro atoms. The molecule has 118 valence electrons. The molecule has 2 aromatic carbocycles. The van der Waals surface area contributed by atoms with Gasteiger partial charge in [-0.3, -0.25) is 0 Å². The summed E-state index contributed by atoms with van der Waals surface area (Å²) < 4.78 is 42.6. The van der Waals surface area contributed by atoms with Crippen LogP contribution in [-0.4, -0.2) is 15.5 Å². The third-order valence-electron chi connectivity index (χ3n) is 3.13. The van der Waals surface area contributed by atoms with E-state index in [1.54, 1.807) is 30.3 Å². The molecule has 0 saturated heterocycles. The van der Waals surface area contributed by atoms with E-state index in [2.05, 4.69) is 0 Å². The Morgan fingerprint density at radius 2 is 1.78 bits per heavy atom. The molecule has 0 saturated carbocycles. The molecule has 2 rings (SSSR count). The molecule has 0 heterocycles. The summed E-state index contributed by atoms with van der Waals surface area (Å²) in [6.07, 6.45) is 1.23. The first-order valence-electron chi connectivity index (χ1n) is 6.67. The first-order chi connectivity index (χ1) is 10.9. The van der Waals surface area contributed by atoms with Crippen LogP contribution in [0.2, 0.25) is 0 Å². The number of hydrogen-bond acceptors (Lipinski definition) is 4. The first-order valence-corrected chi connectivity index (χ1v) is 8.33. The highest BCUT2D eigenvalue weighted by Gasteiger charge is 2.18. The van der Waals surface area contributed by atoms with Gasteiger partial charge in [0.25, 0.3) is 0 Å². The van der Waals surface area contributed by atoms with Crippen molar-refractivity contribution in [1.82, 2.24) is 0 Å². The molecule has 0 atom stereocenters. The van der Waals surface area contributed by atoms with E-state index in [1.807, 2.05) is 0 Å². The number of hydrogen-bond donors (Lipinski definition) is 0. The Hall–Kier alpha value is -2.65. The first kappa shape index (κ1) is 16.7. The van der Waals surface area contributed by atoms with Gasteiger partial charge in [-0.1, -0.05) is 24.3 Å². The highest BCUT2D eigenvalue weighted by Crippen LogP contribution is 2.19. The highest BCUT2D eigenvalue weighted by molar-refractivity contribution is 7.95. The van der Waals surface area contributed by atoms with E-state index in [0.717, 1.165) is 0 Å². The Bertz CT molecular complexity index is 848. The maximum Gasteiger partial charge on any atom is 0.192 e. The number of benzene rings is 2. The van der Waals surface area contributed by atoms with Gasteiger partial charge in [-0.25, -0.2) is 12.8 Å². The van der Waals surface area contributed by atoms with Crippen LogP contribution in [0.1, 0.15) is 11.1 Å². The second-order valence-corrected chi connectivity index (χ2v) is 6.74. The summed E-state index contributed by atoms with van der Waals surface area (Å²) >= 11 is 0. The minimum Gasteiger partial charge on any atom is -0.497 e. The summed E-state index contributed by atoms with van der Waals surface area (Å²) in [4.78, 5) is -0.361. The lowest BCUT2D eigenvalue weighted by molar-refractivity contribution is 0.414. The molecule has 0 aliphatic heterocycles. The molecule has 23 heavy (non-hydrogen) atoms. The molecule has 4 nitrogen and oxygen atoms in total. The van der Waals surface area contributed by atoms with E-state index < -0.39 is 15.7 Å². The molecule has 0 aromatic heterocycles. The summed E-state index contributed by atoms with van der Waals surface area (Å²) in [5, 5.41) is 9.15. The number of allylic oxidation sites excluding steroid dienone is 1. The maximum absolute atomic E-state index is 12.9. The second kappa shape index (κ2) is 7.07. The smallest absolute Gasteiger partial charge is 0.192 e. The summed E-state index contributed by atoms with van der Waals surface area (Å²) in [5.41, 5.74) is 0.993. The number of rotatable bonds is 5. The Balaban J connectivity index is 2.28. The van der Waals surface area contributed by atoms with Crippen molar-refractivity contribution in [3.63, 3.8) is 0 Å². The summed E-state index contributed by atoms with van der Waals surface area (Å²) in [7, 11) is -2.27. The van der Waals surface area contributed by atoms with Gasteiger partial charge in [0.15, 0.2) is 9.84 Å². The Kier molecular flexibility index (Phi) is 5.14. The molecule has 0 bridgehead atoms. The average molecular weight is 331 g/mol. The zero-order valence-electron chi connectivity index (χ0n) is 12.4. The summed E-state index contributed by atoms with van der Waals surface area (Å²) in [6, 6.07) is 13.5. The largest absolute Gasteiger partial charge is 0.497 e. The van der Waals surface area contributed by atoms with Gasteiger partial charge in [-0.05, 0) is 41.5 Å². The van der Waals surface area contributed by atoms with Gasteiger partial charge in [-0.2, -0.15) is 5.26 Å². The molecule has 2 aromatic rings. The third-order valence-corrected chi connectivity index (χ3v) is 4.72. The van der Waals surface area contributed by atoms with E-state index in [9.17, 15) is 12.8 Å². The fraction of sp³-hybridized carbons (Fsp3) is 0.118. The van der Waals surface area contributed by atoms with Gasteiger partial charge in [0.05, 0.1) is 12.9 Å². The van der Waals surface area contributed by atoms with Crippen molar-refractivity contribution in [2.75, 3.05) is 7.11 Å². The molecule has 0 N–H and O–H groups in total. The van der Waals surface area contributed by atoms with Crippen molar-refractivity contribution in [2.24, 2.45) is 0 Å². The van der Waals surface area contributed by atoms with Crippen LogP contribution in [0.4, 0.5) is 4.39 Å². The van der Waals surface area contributed by atoms with E-state index in [4.69, 9.17) is 10.00 Å². The standard InChI is InChI=1S/C17H14FNO3S/c1-22-16-8-4-14(5-9-16)12-23(20,21)17(11-19)10-13-2-6-15(18)7-3-13/h2-10H,12H2,1H3. The molecule has 0 fully saturated rings. The fourth-order valence-electron chi connectivity index (χ4n) is 1.92. The molecule has 6 heteroatoms. The van der Waals surface area contributed by atoms with Crippen LogP contribution in [0.25, 0.3) is 6.08 Å². The highest BCUT2D eigenvalue weighted by atomic mass is 32.2. The number of ether oxygens (including phenoxy) is 1. The number of nitriles is 1. The number of sulfone groups is 1. The summed E-state index contributed by atoms with van der Waals surface area (Å²) in [5.74, 6) is -0.104. The Morgan fingerprint density at radius 1 is 1.17 bits per heavy atom. The fourth-order valence-corrected chi connectivity index (χ4v) is 3.16. The zero-order chi connectivity index (χ0) is 16.9. The van der Waals surface area contributed by atoms with Crippen LogP contribution in [0, 0.1) is 17.1 Å². The molecule has 0 aliphatic rings. The molecular formula is C17H14FNO3S. The van der Waals surface area contributed by atoms with E-state index in [0.29, 0.717) is 16.9 Å². The van der Waals surface area contributed by atoms with Crippen LogP contribution < -0.4 is 4.74 Å². The van der Waals surface area contributed by atoms with Gasteiger partial charge in [-0.15, -0.1) is 0 Å². The van der Waals surface area contributed by atoms with Gasteiger partial charge in [0.1, 0.15) is 22.5 Å². The topological polar surface area (TPSA) is 67.2 Å². The van der Waals surface area contributed by atoms with Gasteiger partial charge in [0.2, 0.25) is 0 Å². The quantitative estimate of drug-likeness (QED) is 0.788. The van der Waals surface area contributed by atoms with Crippen molar-refractivity contribution in [3.05, 3.63) is 70.4 Å². The normalized spacial score (nSPS) is 11.8. The zero-order valence-corrected chi connectivity index (χ0v) is 13.2. The van der Waals surface area contributed by atoms with Gasteiger partial charge < -0.3 is 4.74 Å². The monoisotopic (exact) mass is 331 g/mol. The Labute approximate surface area is 134 Å². The number of nitrogens with zero attached hydrogens (tertiary/aromatic N) is 1. The molecule has 0 aliphatic carbocycles. The SMILES string of the molecule is COc1ccc(CS(=O)(=O)C(C#N)=Cc2ccc(F)cc2)cc1.